The van der Waals surface area contributed by atoms with Crippen LogP contribution >= 0.6 is 0 Å². The van der Waals surface area contributed by atoms with Crippen LogP contribution in [0, 0.1) is 0 Å². The first-order chi connectivity index (χ1) is 8.40. The minimum atomic E-state index is -0.659. The van der Waals surface area contributed by atoms with Crippen LogP contribution in [-0.4, -0.2) is 27.5 Å². The van der Waals surface area contributed by atoms with E-state index in [0.29, 0.717) is 12.3 Å². The van der Waals surface area contributed by atoms with Crippen molar-refractivity contribution in [1.29, 1.82) is 0 Å². The molecule has 0 spiro atoms. The Labute approximate surface area is 109 Å². The highest BCUT2D eigenvalue weighted by Gasteiger charge is 2.29. The fourth-order valence-electron chi connectivity index (χ4n) is 2.04. The second-order valence-electron chi connectivity index (χ2n) is 5.11. The summed E-state index contributed by atoms with van der Waals surface area (Å²) in [5, 5.41) is 3.16. The molecule has 0 saturated carbocycles. The van der Waals surface area contributed by atoms with E-state index in [-0.39, 0.29) is 5.91 Å². The zero-order valence-electron chi connectivity index (χ0n) is 11.7. The molecular weight excluding hydrogens is 228 g/mol. The van der Waals surface area contributed by atoms with Gasteiger partial charge in [-0.2, -0.15) is 0 Å². The molecule has 18 heavy (non-hydrogen) atoms. The molecule has 0 fully saturated rings. The van der Waals surface area contributed by atoms with Gasteiger partial charge in [0.05, 0.1) is 5.54 Å². The van der Waals surface area contributed by atoms with Crippen molar-refractivity contribution in [1.82, 2.24) is 14.9 Å². The molecule has 1 atom stereocenters. The van der Waals surface area contributed by atoms with Crippen LogP contribution in [0.25, 0.3) is 0 Å². The van der Waals surface area contributed by atoms with Gasteiger partial charge in [0, 0.05) is 24.9 Å². The lowest BCUT2D eigenvalue weighted by Crippen LogP contribution is -2.53. The Morgan fingerprint density at radius 1 is 1.61 bits per heavy atom. The summed E-state index contributed by atoms with van der Waals surface area (Å²) < 4.78 is 2.09. The molecule has 0 aliphatic rings. The minimum Gasteiger partial charge on any atom is -0.368 e. The van der Waals surface area contributed by atoms with Crippen molar-refractivity contribution >= 4 is 5.91 Å². The zero-order chi connectivity index (χ0) is 13.8. The summed E-state index contributed by atoms with van der Waals surface area (Å²) in [6.07, 6.45) is 4.40. The van der Waals surface area contributed by atoms with Crippen molar-refractivity contribution in [2.75, 3.05) is 6.54 Å². The van der Waals surface area contributed by atoms with Gasteiger partial charge >= 0.3 is 0 Å². The van der Waals surface area contributed by atoms with E-state index in [1.807, 2.05) is 20.0 Å². The molecule has 0 aromatic carbocycles. The van der Waals surface area contributed by atoms with Crippen molar-refractivity contribution in [3.05, 3.63) is 18.2 Å². The summed E-state index contributed by atoms with van der Waals surface area (Å²) in [6.45, 7) is 9.50. The van der Waals surface area contributed by atoms with Crippen LogP contribution in [-0.2, 0) is 11.3 Å². The van der Waals surface area contributed by atoms with E-state index >= 15 is 0 Å². The molecule has 1 unspecified atom stereocenters. The summed E-state index contributed by atoms with van der Waals surface area (Å²) in [5.41, 5.74) is 4.81. The number of nitrogens with one attached hydrogen (secondary N) is 1. The SMILES string of the molecule is CCNC(C)(CCn1ccnc1C(C)C)C(N)=O. The first-order valence-corrected chi connectivity index (χ1v) is 6.46. The lowest BCUT2D eigenvalue weighted by Gasteiger charge is -2.27. The number of aryl methyl sites for hydroxylation is 1. The van der Waals surface area contributed by atoms with Crippen molar-refractivity contribution in [3.8, 4) is 0 Å². The maximum atomic E-state index is 11.5. The molecule has 102 valence electrons. The number of imidazole rings is 1. The smallest absolute Gasteiger partial charge is 0.237 e. The van der Waals surface area contributed by atoms with Gasteiger partial charge in [-0.05, 0) is 19.9 Å². The number of amides is 1. The van der Waals surface area contributed by atoms with Crippen molar-refractivity contribution in [3.63, 3.8) is 0 Å². The number of primary amides is 1. The third-order valence-corrected chi connectivity index (χ3v) is 3.23. The molecule has 1 aromatic heterocycles. The van der Waals surface area contributed by atoms with Gasteiger partial charge in [-0.25, -0.2) is 4.98 Å². The lowest BCUT2D eigenvalue weighted by atomic mass is 9.96. The van der Waals surface area contributed by atoms with Crippen molar-refractivity contribution in [2.24, 2.45) is 5.73 Å². The second kappa shape index (κ2) is 6.00. The normalized spacial score (nSPS) is 14.7. The number of carbonyl (C=O) groups excluding carboxylic acids is 1. The summed E-state index contributed by atoms with van der Waals surface area (Å²) >= 11 is 0. The predicted octanol–water partition coefficient (Wildman–Crippen LogP) is 1.25. The molecule has 0 aliphatic heterocycles. The van der Waals surface area contributed by atoms with Gasteiger partial charge in [-0.3, -0.25) is 4.79 Å². The number of nitrogens with two attached hydrogens (primary N) is 1. The molecule has 0 saturated heterocycles. The molecule has 1 amide bonds. The van der Waals surface area contributed by atoms with E-state index < -0.39 is 5.54 Å². The first kappa shape index (κ1) is 14.7. The largest absolute Gasteiger partial charge is 0.368 e. The number of rotatable bonds is 7. The van der Waals surface area contributed by atoms with Gasteiger partial charge in [0.1, 0.15) is 5.82 Å². The van der Waals surface area contributed by atoms with Gasteiger partial charge in [0.25, 0.3) is 0 Å². The van der Waals surface area contributed by atoms with Crippen LogP contribution in [0.2, 0.25) is 0 Å². The molecule has 1 aromatic rings. The standard InChI is InChI=1S/C13H24N4O/c1-5-16-13(4,12(14)18)6-8-17-9-7-15-11(17)10(2)3/h7,9-10,16H,5-6,8H2,1-4H3,(H2,14,18). The summed E-state index contributed by atoms with van der Waals surface area (Å²) in [4.78, 5) is 15.9. The molecular formula is C13H24N4O. The topological polar surface area (TPSA) is 72.9 Å². The number of carbonyl (C=O) groups is 1. The first-order valence-electron chi connectivity index (χ1n) is 6.46. The van der Waals surface area contributed by atoms with Crippen molar-refractivity contribution < 1.29 is 4.79 Å². The monoisotopic (exact) mass is 252 g/mol. The van der Waals surface area contributed by atoms with Crippen molar-refractivity contribution in [2.45, 2.75) is 52.1 Å². The van der Waals surface area contributed by atoms with Crippen LogP contribution < -0.4 is 11.1 Å². The second-order valence-corrected chi connectivity index (χ2v) is 5.11. The predicted molar refractivity (Wildman–Crippen MR) is 72.2 cm³/mol. The van der Waals surface area contributed by atoms with Gasteiger partial charge in [-0.1, -0.05) is 20.8 Å². The Hall–Kier alpha value is -1.36. The van der Waals surface area contributed by atoms with Gasteiger partial charge in [0.2, 0.25) is 5.91 Å². The molecule has 1 heterocycles. The quantitative estimate of drug-likeness (QED) is 0.767. The maximum absolute atomic E-state index is 11.5. The molecule has 0 aliphatic carbocycles. The Morgan fingerprint density at radius 3 is 2.78 bits per heavy atom. The fourth-order valence-corrected chi connectivity index (χ4v) is 2.04. The molecule has 5 nitrogen and oxygen atoms in total. The highest BCUT2D eigenvalue weighted by atomic mass is 16.1. The Kier molecular flexibility index (Phi) is 4.90. The third-order valence-electron chi connectivity index (χ3n) is 3.23. The summed E-state index contributed by atoms with van der Waals surface area (Å²) in [5.74, 6) is 1.10. The van der Waals surface area contributed by atoms with Crippen LogP contribution in [0.1, 0.15) is 45.9 Å². The average Bonchev–Trinajstić information content (AvgIpc) is 2.74. The van der Waals surface area contributed by atoms with E-state index in [1.54, 1.807) is 6.20 Å². The zero-order valence-corrected chi connectivity index (χ0v) is 11.7. The van der Waals surface area contributed by atoms with Crippen LogP contribution in [0.4, 0.5) is 0 Å². The highest BCUT2D eigenvalue weighted by molar-refractivity contribution is 5.84. The molecule has 5 heteroatoms. The molecule has 0 radical (unpaired) electrons. The average molecular weight is 252 g/mol. The Bertz CT molecular complexity index is 399. The fraction of sp³-hybridized carbons (Fsp3) is 0.692. The van der Waals surface area contributed by atoms with Crippen LogP contribution in [0.3, 0.4) is 0 Å². The minimum absolute atomic E-state index is 0.310. The number of hydrogen-bond donors (Lipinski definition) is 2. The number of hydrogen-bond acceptors (Lipinski definition) is 3. The molecule has 1 rings (SSSR count). The summed E-state index contributed by atoms with van der Waals surface area (Å²) in [6, 6.07) is 0. The number of likely N-dealkylation sites (N-methyl/N-ethyl adjacent to an activating group) is 1. The third kappa shape index (κ3) is 3.32. The van der Waals surface area contributed by atoms with E-state index in [2.05, 4.69) is 28.7 Å². The lowest BCUT2D eigenvalue weighted by molar-refractivity contribution is -0.124. The van der Waals surface area contributed by atoms with Gasteiger partial charge < -0.3 is 15.6 Å². The van der Waals surface area contributed by atoms with E-state index in [4.69, 9.17) is 5.73 Å². The van der Waals surface area contributed by atoms with E-state index in [1.165, 1.54) is 0 Å². The maximum Gasteiger partial charge on any atom is 0.237 e. The Morgan fingerprint density at radius 2 is 2.28 bits per heavy atom. The Balaban J connectivity index is 2.73. The summed E-state index contributed by atoms with van der Waals surface area (Å²) in [7, 11) is 0. The van der Waals surface area contributed by atoms with E-state index in [0.717, 1.165) is 18.9 Å². The number of nitrogens with zero attached hydrogens (tertiary/aromatic N) is 2. The van der Waals surface area contributed by atoms with Gasteiger partial charge in [-0.15, -0.1) is 0 Å². The molecule has 3 N–H and O–H groups in total. The number of aromatic nitrogens is 2. The van der Waals surface area contributed by atoms with Crippen LogP contribution in [0.15, 0.2) is 12.4 Å². The van der Waals surface area contributed by atoms with Crippen LogP contribution in [0.5, 0.6) is 0 Å². The highest BCUT2D eigenvalue weighted by Crippen LogP contribution is 2.15. The van der Waals surface area contributed by atoms with Gasteiger partial charge in [0.15, 0.2) is 0 Å². The van der Waals surface area contributed by atoms with E-state index in [9.17, 15) is 4.79 Å². The molecule has 0 bridgehead atoms.